The van der Waals surface area contributed by atoms with E-state index in [1.54, 1.807) is 0 Å². The van der Waals surface area contributed by atoms with E-state index in [-0.39, 0.29) is 12.3 Å². The molecule has 0 aliphatic heterocycles. The number of carboxylic acid groups (broad SMARTS) is 1. The molecule has 0 aliphatic carbocycles. The van der Waals surface area contributed by atoms with Gasteiger partial charge in [0.15, 0.2) is 0 Å². The number of rotatable bonds is 7. The molecule has 0 rings (SSSR count). The van der Waals surface area contributed by atoms with Crippen LogP contribution in [0.2, 0.25) is 0 Å². The molecule has 0 saturated heterocycles. The topological polar surface area (TPSA) is 130 Å². The van der Waals surface area contributed by atoms with Gasteiger partial charge in [-0.1, -0.05) is 0 Å². The molecule has 0 aliphatic rings. The highest BCUT2D eigenvalue weighted by Crippen LogP contribution is 2.14. The monoisotopic (exact) mass is 206 g/mol. The number of aliphatic carboxylic acids is 1. The van der Waals surface area contributed by atoms with Gasteiger partial charge in [-0.25, -0.2) is 0 Å². The first kappa shape index (κ1) is 13.3. The summed E-state index contributed by atoms with van der Waals surface area (Å²) < 4.78 is 0. The first-order chi connectivity index (χ1) is 6.52. The summed E-state index contributed by atoms with van der Waals surface area (Å²) in [7, 11) is 0. The summed E-state index contributed by atoms with van der Waals surface area (Å²) in [6.07, 6.45) is -0.388. The summed E-state index contributed by atoms with van der Waals surface area (Å²) in [6.45, 7) is -0.0783. The normalized spacial score (nSPS) is 17.4. The summed E-state index contributed by atoms with van der Waals surface area (Å²) in [5.74, 6) is -1.48. The number of aliphatic hydroxyl groups is 2. The molecule has 7 N–H and O–H groups in total. The number of hydrogen-bond acceptors (Lipinski definition) is 5. The van der Waals surface area contributed by atoms with Gasteiger partial charge in [-0.05, 0) is 25.3 Å². The van der Waals surface area contributed by atoms with Crippen LogP contribution in [-0.2, 0) is 4.79 Å². The highest BCUT2D eigenvalue weighted by Gasteiger charge is 2.23. The first-order valence-corrected chi connectivity index (χ1v) is 4.50. The van der Waals surface area contributed by atoms with Crippen molar-refractivity contribution in [3.8, 4) is 0 Å². The number of carboxylic acids is 1. The van der Waals surface area contributed by atoms with Crippen molar-refractivity contribution >= 4 is 5.97 Å². The van der Waals surface area contributed by atoms with Crippen molar-refractivity contribution < 1.29 is 20.1 Å². The van der Waals surface area contributed by atoms with Gasteiger partial charge in [0.05, 0.1) is 12.7 Å². The van der Waals surface area contributed by atoms with Crippen molar-refractivity contribution in [2.75, 3.05) is 13.2 Å². The van der Waals surface area contributed by atoms with Crippen molar-refractivity contribution in [3.63, 3.8) is 0 Å². The fourth-order valence-electron chi connectivity index (χ4n) is 1.26. The Hall–Kier alpha value is -0.690. The van der Waals surface area contributed by atoms with Gasteiger partial charge in [0, 0.05) is 0 Å². The second-order valence-corrected chi connectivity index (χ2v) is 3.27. The summed E-state index contributed by atoms with van der Waals surface area (Å²) in [5.41, 5.74) is 10.6. The molecule has 0 radical (unpaired) electrons. The third kappa shape index (κ3) is 4.52. The standard InChI is InChI=1S/C8H18N2O4/c9-2-1-5(7(12)4-11)3-6(10)8(13)14/h5-7,11-12H,1-4,9-10H2,(H,13,14)/t5?,6-,7?/m0/s1. The summed E-state index contributed by atoms with van der Waals surface area (Å²) in [5, 5.41) is 26.6. The highest BCUT2D eigenvalue weighted by molar-refractivity contribution is 5.73. The third-order valence-electron chi connectivity index (χ3n) is 2.14. The lowest BCUT2D eigenvalue weighted by atomic mass is 9.91. The Balaban J connectivity index is 4.14. The maximum absolute atomic E-state index is 10.4. The maximum atomic E-state index is 10.4. The Morgan fingerprint density at radius 1 is 1.43 bits per heavy atom. The van der Waals surface area contributed by atoms with Crippen LogP contribution in [0.3, 0.4) is 0 Å². The third-order valence-corrected chi connectivity index (χ3v) is 2.14. The lowest BCUT2D eigenvalue weighted by Gasteiger charge is -2.22. The maximum Gasteiger partial charge on any atom is 0.320 e. The average Bonchev–Trinajstić information content (AvgIpc) is 2.15. The summed E-state index contributed by atoms with van der Waals surface area (Å²) in [4.78, 5) is 10.4. The van der Waals surface area contributed by atoms with Gasteiger partial charge in [0.1, 0.15) is 6.04 Å². The minimum absolute atomic E-state index is 0.119. The fourth-order valence-corrected chi connectivity index (χ4v) is 1.26. The van der Waals surface area contributed by atoms with Gasteiger partial charge in [-0.3, -0.25) is 4.79 Å². The SMILES string of the molecule is NCCC(C[C@H](N)C(=O)O)C(O)CO. The number of carbonyl (C=O) groups is 1. The molecule has 0 aromatic rings. The molecular weight excluding hydrogens is 188 g/mol. The molecule has 14 heavy (non-hydrogen) atoms. The van der Waals surface area contributed by atoms with Crippen molar-refractivity contribution in [2.24, 2.45) is 17.4 Å². The van der Waals surface area contributed by atoms with Crippen LogP contribution in [0.1, 0.15) is 12.8 Å². The summed E-state index contributed by atoms with van der Waals surface area (Å²) >= 11 is 0. The van der Waals surface area contributed by atoms with Crippen LogP contribution in [0, 0.1) is 5.92 Å². The van der Waals surface area contributed by atoms with E-state index < -0.39 is 24.7 Å². The van der Waals surface area contributed by atoms with Gasteiger partial charge in [0.25, 0.3) is 0 Å². The molecule has 0 aromatic carbocycles. The number of aliphatic hydroxyl groups excluding tert-OH is 2. The van der Waals surface area contributed by atoms with Gasteiger partial charge in [-0.2, -0.15) is 0 Å². The Morgan fingerprint density at radius 3 is 2.36 bits per heavy atom. The van der Waals surface area contributed by atoms with Crippen molar-refractivity contribution in [1.29, 1.82) is 0 Å². The molecule has 0 spiro atoms. The lowest BCUT2D eigenvalue weighted by molar-refractivity contribution is -0.139. The molecule has 0 heterocycles. The molecule has 0 bridgehead atoms. The first-order valence-electron chi connectivity index (χ1n) is 4.50. The molecule has 0 saturated carbocycles. The van der Waals surface area contributed by atoms with Gasteiger partial charge >= 0.3 is 5.97 Å². The molecule has 0 fully saturated rings. The number of nitrogens with two attached hydrogens (primary N) is 2. The molecule has 6 nitrogen and oxygen atoms in total. The van der Waals surface area contributed by atoms with E-state index in [9.17, 15) is 9.90 Å². The Bertz CT molecular complexity index is 177. The van der Waals surface area contributed by atoms with Crippen molar-refractivity contribution in [3.05, 3.63) is 0 Å². The van der Waals surface area contributed by atoms with Gasteiger partial charge in [0.2, 0.25) is 0 Å². The van der Waals surface area contributed by atoms with Crippen LogP contribution in [0.4, 0.5) is 0 Å². The molecular formula is C8H18N2O4. The zero-order valence-corrected chi connectivity index (χ0v) is 7.97. The second kappa shape index (κ2) is 6.72. The second-order valence-electron chi connectivity index (χ2n) is 3.27. The predicted octanol–water partition coefficient (Wildman–Crippen LogP) is -1.89. The molecule has 84 valence electrons. The van der Waals surface area contributed by atoms with E-state index in [0.717, 1.165) is 0 Å². The molecule has 2 unspecified atom stereocenters. The quantitative estimate of drug-likeness (QED) is 0.331. The summed E-state index contributed by atoms with van der Waals surface area (Å²) in [6, 6.07) is -1.02. The van der Waals surface area contributed by atoms with Crippen molar-refractivity contribution in [1.82, 2.24) is 0 Å². The zero-order chi connectivity index (χ0) is 11.1. The van der Waals surface area contributed by atoms with E-state index >= 15 is 0 Å². The Morgan fingerprint density at radius 2 is 2.00 bits per heavy atom. The molecule has 6 heteroatoms. The van der Waals surface area contributed by atoms with Crippen LogP contribution in [-0.4, -0.2) is 46.6 Å². The average molecular weight is 206 g/mol. The predicted molar refractivity (Wildman–Crippen MR) is 50.5 cm³/mol. The smallest absolute Gasteiger partial charge is 0.320 e. The Labute approximate surface area is 82.5 Å². The number of hydrogen-bond donors (Lipinski definition) is 5. The largest absolute Gasteiger partial charge is 0.480 e. The molecule has 0 amide bonds. The molecule has 3 atom stereocenters. The van der Waals surface area contributed by atoms with Gasteiger partial charge in [-0.15, -0.1) is 0 Å². The minimum Gasteiger partial charge on any atom is -0.480 e. The van der Waals surface area contributed by atoms with Crippen LogP contribution in [0.15, 0.2) is 0 Å². The highest BCUT2D eigenvalue weighted by atomic mass is 16.4. The van der Waals surface area contributed by atoms with E-state index in [2.05, 4.69) is 0 Å². The molecule has 0 aromatic heterocycles. The van der Waals surface area contributed by atoms with E-state index in [0.29, 0.717) is 13.0 Å². The zero-order valence-electron chi connectivity index (χ0n) is 7.97. The fraction of sp³-hybridized carbons (Fsp3) is 0.875. The van der Waals surface area contributed by atoms with E-state index in [1.165, 1.54) is 0 Å². The van der Waals surface area contributed by atoms with Gasteiger partial charge < -0.3 is 26.8 Å². The van der Waals surface area contributed by atoms with Crippen LogP contribution in [0.5, 0.6) is 0 Å². The minimum atomic E-state index is -1.11. The van der Waals surface area contributed by atoms with Crippen LogP contribution < -0.4 is 11.5 Å². The lowest BCUT2D eigenvalue weighted by Crippen LogP contribution is -2.37. The van der Waals surface area contributed by atoms with E-state index in [4.69, 9.17) is 21.7 Å². The van der Waals surface area contributed by atoms with Crippen LogP contribution in [0.25, 0.3) is 0 Å². The van der Waals surface area contributed by atoms with Crippen molar-refractivity contribution in [2.45, 2.75) is 25.0 Å². The Kier molecular flexibility index (Phi) is 6.39. The van der Waals surface area contributed by atoms with Crippen LogP contribution >= 0.6 is 0 Å². The van der Waals surface area contributed by atoms with E-state index in [1.807, 2.05) is 0 Å².